The molecule has 0 heterocycles. The molecule has 2 aromatic carbocycles. The average molecular weight is 287 g/mol. The lowest BCUT2D eigenvalue weighted by molar-refractivity contribution is 0.0526. The number of carbonyl (C=O) groups excluding carboxylic acids is 1. The Labute approximate surface area is 123 Å². The van der Waals surface area contributed by atoms with E-state index in [1.54, 1.807) is 32.0 Å². The van der Waals surface area contributed by atoms with Gasteiger partial charge in [0, 0.05) is 12.2 Å². The molecule has 0 unspecified atom stereocenters. The van der Waals surface area contributed by atoms with Gasteiger partial charge >= 0.3 is 5.97 Å². The van der Waals surface area contributed by atoms with Gasteiger partial charge in [0.1, 0.15) is 5.82 Å². The summed E-state index contributed by atoms with van der Waals surface area (Å²) in [5, 5.41) is 3.23. The first-order chi connectivity index (χ1) is 10.1. The van der Waals surface area contributed by atoms with Crippen molar-refractivity contribution in [1.82, 2.24) is 0 Å². The number of rotatable bonds is 5. The molecule has 1 N–H and O–H groups in total. The number of benzene rings is 2. The predicted octanol–water partition coefficient (Wildman–Crippen LogP) is 3.92. The van der Waals surface area contributed by atoms with E-state index in [0.717, 1.165) is 11.3 Å². The van der Waals surface area contributed by atoms with Crippen molar-refractivity contribution in [2.75, 3.05) is 11.9 Å². The van der Waals surface area contributed by atoms with Gasteiger partial charge < -0.3 is 10.1 Å². The topological polar surface area (TPSA) is 38.3 Å². The zero-order chi connectivity index (χ0) is 15.2. The Morgan fingerprint density at radius 1 is 1.19 bits per heavy atom. The highest BCUT2D eigenvalue weighted by molar-refractivity contribution is 5.89. The van der Waals surface area contributed by atoms with Crippen molar-refractivity contribution in [1.29, 1.82) is 0 Å². The fourth-order valence-electron chi connectivity index (χ4n) is 1.96. The molecule has 0 radical (unpaired) electrons. The molecule has 0 aliphatic carbocycles. The van der Waals surface area contributed by atoms with Crippen molar-refractivity contribution in [3.8, 4) is 0 Å². The SMILES string of the molecule is CCOC(=O)c1ccc(NCc2ccc(F)c(C)c2)cc1. The maximum absolute atomic E-state index is 13.2. The quantitative estimate of drug-likeness (QED) is 0.847. The zero-order valence-corrected chi connectivity index (χ0v) is 12.2. The molecule has 0 fully saturated rings. The minimum atomic E-state index is -0.321. The van der Waals surface area contributed by atoms with Crippen LogP contribution in [0.2, 0.25) is 0 Å². The van der Waals surface area contributed by atoms with E-state index in [-0.39, 0.29) is 11.8 Å². The van der Waals surface area contributed by atoms with Crippen molar-refractivity contribution in [3.63, 3.8) is 0 Å². The van der Waals surface area contributed by atoms with E-state index in [1.165, 1.54) is 6.07 Å². The summed E-state index contributed by atoms with van der Waals surface area (Å²) in [6, 6.07) is 12.1. The Morgan fingerprint density at radius 3 is 2.52 bits per heavy atom. The smallest absolute Gasteiger partial charge is 0.338 e. The number of carbonyl (C=O) groups is 1. The lowest BCUT2D eigenvalue weighted by atomic mass is 10.1. The number of hydrogen-bond donors (Lipinski definition) is 1. The van der Waals surface area contributed by atoms with Crippen LogP contribution in [0.3, 0.4) is 0 Å². The Balaban J connectivity index is 1.97. The third-order valence-corrected chi connectivity index (χ3v) is 3.12. The van der Waals surface area contributed by atoms with Crippen LogP contribution in [0.5, 0.6) is 0 Å². The molecule has 0 saturated heterocycles. The number of anilines is 1. The molecule has 0 aliphatic heterocycles. The summed E-state index contributed by atoms with van der Waals surface area (Å²) < 4.78 is 18.1. The van der Waals surface area contributed by atoms with Gasteiger partial charge in [0.25, 0.3) is 0 Å². The average Bonchev–Trinajstić information content (AvgIpc) is 2.49. The Morgan fingerprint density at radius 2 is 1.90 bits per heavy atom. The van der Waals surface area contributed by atoms with Gasteiger partial charge in [-0.3, -0.25) is 0 Å². The highest BCUT2D eigenvalue weighted by Gasteiger charge is 2.05. The van der Waals surface area contributed by atoms with Gasteiger partial charge in [-0.1, -0.05) is 12.1 Å². The molecule has 2 aromatic rings. The van der Waals surface area contributed by atoms with Crippen molar-refractivity contribution >= 4 is 11.7 Å². The molecular formula is C17H18FNO2. The molecule has 21 heavy (non-hydrogen) atoms. The van der Waals surface area contributed by atoms with Gasteiger partial charge in [-0.2, -0.15) is 0 Å². The third-order valence-electron chi connectivity index (χ3n) is 3.12. The standard InChI is InChI=1S/C17H18FNO2/c1-3-21-17(20)14-5-7-15(8-6-14)19-11-13-4-9-16(18)12(2)10-13/h4-10,19H,3,11H2,1-2H3. The molecular weight excluding hydrogens is 269 g/mol. The molecule has 0 spiro atoms. The van der Waals surface area contributed by atoms with E-state index in [2.05, 4.69) is 5.32 Å². The van der Waals surface area contributed by atoms with Gasteiger partial charge in [0.2, 0.25) is 0 Å². The lowest BCUT2D eigenvalue weighted by Crippen LogP contribution is -2.05. The van der Waals surface area contributed by atoms with E-state index in [0.29, 0.717) is 24.3 Å². The first-order valence-electron chi connectivity index (χ1n) is 6.86. The molecule has 3 nitrogen and oxygen atoms in total. The summed E-state index contributed by atoms with van der Waals surface area (Å²) in [7, 11) is 0. The van der Waals surface area contributed by atoms with Gasteiger partial charge in [-0.15, -0.1) is 0 Å². The van der Waals surface area contributed by atoms with Gasteiger partial charge in [-0.05, 0) is 55.3 Å². The number of ether oxygens (including phenoxy) is 1. The first-order valence-corrected chi connectivity index (χ1v) is 6.86. The summed E-state index contributed by atoms with van der Waals surface area (Å²) in [6.07, 6.45) is 0. The first kappa shape index (κ1) is 15.0. The van der Waals surface area contributed by atoms with Crippen LogP contribution in [-0.4, -0.2) is 12.6 Å². The van der Waals surface area contributed by atoms with Crippen molar-refractivity contribution in [2.24, 2.45) is 0 Å². The summed E-state index contributed by atoms with van der Waals surface area (Å²) in [5.41, 5.74) is 3.06. The summed E-state index contributed by atoms with van der Waals surface area (Å²) >= 11 is 0. The van der Waals surface area contributed by atoms with E-state index in [4.69, 9.17) is 4.74 Å². The van der Waals surface area contributed by atoms with E-state index in [1.807, 2.05) is 18.2 Å². The molecule has 110 valence electrons. The fraction of sp³-hybridized carbons (Fsp3) is 0.235. The molecule has 4 heteroatoms. The minimum absolute atomic E-state index is 0.197. The molecule has 0 aliphatic rings. The van der Waals surface area contributed by atoms with Crippen molar-refractivity contribution in [3.05, 3.63) is 65.0 Å². The highest BCUT2D eigenvalue weighted by atomic mass is 19.1. The summed E-state index contributed by atoms with van der Waals surface area (Å²) in [5.74, 6) is -0.518. The number of aryl methyl sites for hydroxylation is 1. The summed E-state index contributed by atoms with van der Waals surface area (Å²) in [4.78, 5) is 11.5. The van der Waals surface area contributed by atoms with Gasteiger partial charge in [0.05, 0.1) is 12.2 Å². The van der Waals surface area contributed by atoms with E-state index < -0.39 is 0 Å². The van der Waals surface area contributed by atoms with E-state index in [9.17, 15) is 9.18 Å². The maximum atomic E-state index is 13.2. The molecule has 0 atom stereocenters. The Kier molecular flexibility index (Phi) is 4.93. The molecule has 0 saturated carbocycles. The normalized spacial score (nSPS) is 10.2. The number of esters is 1. The monoisotopic (exact) mass is 287 g/mol. The van der Waals surface area contributed by atoms with Crippen LogP contribution >= 0.6 is 0 Å². The minimum Gasteiger partial charge on any atom is -0.462 e. The second-order valence-corrected chi connectivity index (χ2v) is 4.73. The highest BCUT2D eigenvalue weighted by Crippen LogP contribution is 2.14. The third kappa shape index (κ3) is 4.05. The molecule has 0 aromatic heterocycles. The largest absolute Gasteiger partial charge is 0.462 e. The van der Waals surface area contributed by atoms with Crippen LogP contribution in [-0.2, 0) is 11.3 Å². The zero-order valence-electron chi connectivity index (χ0n) is 12.2. The number of halogens is 1. The Hall–Kier alpha value is -2.36. The van der Waals surface area contributed by atoms with Crippen LogP contribution in [0.4, 0.5) is 10.1 Å². The lowest BCUT2D eigenvalue weighted by Gasteiger charge is -2.08. The number of hydrogen-bond acceptors (Lipinski definition) is 3. The van der Waals surface area contributed by atoms with Gasteiger partial charge in [-0.25, -0.2) is 9.18 Å². The second-order valence-electron chi connectivity index (χ2n) is 4.73. The second kappa shape index (κ2) is 6.88. The van der Waals surface area contributed by atoms with Gasteiger partial charge in [0.15, 0.2) is 0 Å². The Bertz CT molecular complexity index is 623. The maximum Gasteiger partial charge on any atom is 0.338 e. The predicted molar refractivity (Wildman–Crippen MR) is 80.9 cm³/mol. The van der Waals surface area contributed by atoms with E-state index >= 15 is 0 Å². The van der Waals surface area contributed by atoms with Crippen molar-refractivity contribution < 1.29 is 13.9 Å². The van der Waals surface area contributed by atoms with Crippen LogP contribution in [0.15, 0.2) is 42.5 Å². The molecule has 0 amide bonds. The van der Waals surface area contributed by atoms with Crippen LogP contribution in [0, 0.1) is 12.7 Å². The number of nitrogens with one attached hydrogen (secondary N) is 1. The van der Waals surface area contributed by atoms with Crippen molar-refractivity contribution in [2.45, 2.75) is 20.4 Å². The molecule has 0 bridgehead atoms. The fourth-order valence-corrected chi connectivity index (χ4v) is 1.96. The van der Waals surface area contributed by atoms with Crippen LogP contribution in [0.25, 0.3) is 0 Å². The van der Waals surface area contributed by atoms with Crippen LogP contribution < -0.4 is 5.32 Å². The van der Waals surface area contributed by atoms with Crippen LogP contribution in [0.1, 0.15) is 28.4 Å². The summed E-state index contributed by atoms with van der Waals surface area (Å²) in [6.45, 7) is 4.48. The molecule has 2 rings (SSSR count).